The molecule has 1 aliphatic rings. The summed E-state index contributed by atoms with van der Waals surface area (Å²) >= 11 is 0. The van der Waals surface area contributed by atoms with Gasteiger partial charge in [-0.05, 0) is 36.0 Å². The van der Waals surface area contributed by atoms with Crippen LogP contribution >= 0.6 is 0 Å². The van der Waals surface area contributed by atoms with Crippen molar-refractivity contribution in [3.05, 3.63) is 35.4 Å². The molecule has 0 aliphatic heterocycles. The third-order valence-electron chi connectivity index (χ3n) is 4.37. The van der Waals surface area contributed by atoms with Crippen molar-refractivity contribution in [2.75, 3.05) is 20.6 Å². The fourth-order valence-electron chi connectivity index (χ4n) is 2.64. The SMILES string of the molecule is CN(C)C(=O)C1(NC(=O)CNC(=O)c2ccc(C(C)(C)C)cc2)CC1. The average Bonchev–Trinajstić information content (AvgIpc) is 3.31. The van der Waals surface area contributed by atoms with E-state index in [1.54, 1.807) is 26.2 Å². The molecule has 0 unspecified atom stereocenters. The highest BCUT2D eigenvalue weighted by molar-refractivity contribution is 5.98. The molecule has 0 heterocycles. The number of rotatable bonds is 5. The second-order valence-corrected chi connectivity index (χ2v) is 7.84. The monoisotopic (exact) mass is 345 g/mol. The molecule has 2 rings (SSSR count). The molecule has 1 aromatic carbocycles. The maximum Gasteiger partial charge on any atom is 0.251 e. The first-order valence-electron chi connectivity index (χ1n) is 8.47. The van der Waals surface area contributed by atoms with E-state index in [9.17, 15) is 14.4 Å². The smallest absolute Gasteiger partial charge is 0.251 e. The summed E-state index contributed by atoms with van der Waals surface area (Å²) in [6, 6.07) is 7.35. The molecule has 2 N–H and O–H groups in total. The van der Waals surface area contributed by atoms with Gasteiger partial charge in [0.15, 0.2) is 0 Å². The van der Waals surface area contributed by atoms with Gasteiger partial charge in [0.25, 0.3) is 5.91 Å². The molecule has 6 heteroatoms. The van der Waals surface area contributed by atoms with Crippen LogP contribution in [0.4, 0.5) is 0 Å². The minimum atomic E-state index is -0.778. The van der Waals surface area contributed by atoms with Gasteiger partial charge in [-0.1, -0.05) is 32.9 Å². The Balaban J connectivity index is 1.88. The van der Waals surface area contributed by atoms with Gasteiger partial charge < -0.3 is 15.5 Å². The van der Waals surface area contributed by atoms with Crippen molar-refractivity contribution < 1.29 is 14.4 Å². The number of nitrogens with zero attached hydrogens (tertiary/aromatic N) is 1. The molecule has 1 aromatic rings. The van der Waals surface area contributed by atoms with Gasteiger partial charge in [-0.2, -0.15) is 0 Å². The third-order valence-corrected chi connectivity index (χ3v) is 4.37. The molecular formula is C19H27N3O3. The fourth-order valence-corrected chi connectivity index (χ4v) is 2.64. The predicted octanol–water partition coefficient (Wildman–Crippen LogP) is 1.45. The third kappa shape index (κ3) is 4.59. The Morgan fingerprint density at radius 1 is 1.08 bits per heavy atom. The van der Waals surface area contributed by atoms with E-state index in [4.69, 9.17) is 0 Å². The van der Waals surface area contributed by atoms with E-state index in [1.165, 1.54) is 4.90 Å². The van der Waals surface area contributed by atoms with Gasteiger partial charge in [-0.3, -0.25) is 14.4 Å². The molecule has 0 saturated heterocycles. The Kier molecular flexibility index (Phi) is 5.20. The lowest BCUT2D eigenvalue weighted by molar-refractivity contribution is -0.135. The number of hydrogen-bond donors (Lipinski definition) is 2. The Hall–Kier alpha value is -2.37. The van der Waals surface area contributed by atoms with Crippen LogP contribution < -0.4 is 10.6 Å². The van der Waals surface area contributed by atoms with Gasteiger partial charge in [0.05, 0.1) is 6.54 Å². The van der Waals surface area contributed by atoms with Crippen molar-refractivity contribution in [1.82, 2.24) is 15.5 Å². The van der Waals surface area contributed by atoms with E-state index in [0.717, 1.165) is 5.56 Å². The predicted molar refractivity (Wildman–Crippen MR) is 96.3 cm³/mol. The number of nitrogens with one attached hydrogen (secondary N) is 2. The van der Waals surface area contributed by atoms with E-state index in [2.05, 4.69) is 31.4 Å². The summed E-state index contributed by atoms with van der Waals surface area (Å²) in [5.41, 5.74) is 0.887. The number of benzene rings is 1. The minimum absolute atomic E-state index is 0.0203. The van der Waals surface area contributed by atoms with Crippen molar-refractivity contribution in [3.63, 3.8) is 0 Å². The zero-order chi connectivity index (χ0) is 18.8. The Morgan fingerprint density at radius 2 is 1.64 bits per heavy atom. The van der Waals surface area contributed by atoms with Crippen LogP contribution in [0.25, 0.3) is 0 Å². The molecule has 0 atom stereocenters. The van der Waals surface area contributed by atoms with Gasteiger partial charge >= 0.3 is 0 Å². The molecule has 1 aliphatic carbocycles. The molecule has 0 radical (unpaired) electrons. The maximum atomic E-state index is 12.2. The number of amides is 3. The normalized spacial score (nSPS) is 15.2. The highest BCUT2D eigenvalue weighted by atomic mass is 16.2. The van der Waals surface area contributed by atoms with Crippen LogP contribution in [0.1, 0.15) is 49.5 Å². The van der Waals surface area contributed by atoms with E-state index >= 15 is 0 Å². The van der Waals surface area contributed by atoms with Crippen molar-refractivity contribution in [2.24, 2.45) is 0 Å². The summed E-state index contributed by atoms with van der Waals surface area (Å²) in [6.45, 7) is 6.17. The Morgan fingerprint density at radius 3 is 2.08 bits per heavy atom. The van der Waals surface area contributed by atoms with Crippen molar-refractivity contribution in [1.29, 1.82) is 0 Å². The van der Waals surface area contributed by atoms with Gasteiger partial charge in [0.1, 0.15) is 5.54 Å². The first-order valence-corrected chi connectivity index (χ1v) is 8.47. The van der Waals surface area contributed by atoms with Crippen LogP contribution in [0, 0.1) is 0 Å². The van der Waals surface area contributed by atoms with Gasteiger partial charge in [-0.25, -0.2) is 0 Å². The lowest BCUT2D eigenvalue weighted by Gasteiger charge is -2.21. The summed E-state index contributed by atoms with van der Waals surface area (Å²) in [5.74, 6) is -0.767. The minimum Gasteiger partial charge on any atom is -0.347 e. The second kappa shape index (κ2) is 6.86. The Bertz CT molecular complexity index is 668. The summed E-state index contributed by atoms with van der Waals surface area (Å²) in [7, 11) is 3.33. The first kappa shape index (κ1) is 19.0. The van der Waals surface area contributed by atoms with E-state index in [-0.39, 0.29) is 29.7 Å². The van der Waals surface area contributed by atoms with Crippen LogP contribution in [0.5, 0.6) is 0 Å². The molecule has 136 valence electrons. The molecule has 1 saturated carbocycles. The summed E-state index contributed by atoms with van der Waals surface area (Å²) in [6.07, 6.45) is 1.27. The molecule has 0 bridgehead atoms. The summed E-state index contributed by atoms with van der Waals surface area (Å²) in [4.78, 5) is 37.8. The molecule has 1 fully saturated rings. The molecule has 3 amide bonds. The van der Waals surface area contributed by atoms with Crippen LogP contribution in [-0.2, 0) is 15.0 Å². The van der Waals surface area contributed by atoms with Gasteiger partial charge in [-0.15, -0.1) is 0 Å². The molecular weight excluding hydrogens is 318 g/mol. The fraction of sp³-hybridized carbons (Fsp3) is 0.526. The standard InChI is InChI=1S/C19H27N3O3/c1-18(2,3)14-8-6-13(7-9-14)16(24)20-12-15(23)21-19(10-11-19)17(25)22(4)5/h6-9H,10-12H2,1-5H3,(H,20,24)(H,21,23). The van der Waals surface area contributed by atoms with Gasteiger partial charge in [0, 0.05) is 19.7 Å². The van der Waals surface area contributed by atoms with Crippen molar-refractivity contribution in [3.8, 4) is 0 Å². The van der Waals surface area contributed by atoms with Gasteiger partial charge in [0.2, 0.25) is 11.8 Å². The quantitative estimate of drug-likeness (QED) is 0.848. The first-order chi connectivity index (χ1) is 11.5. The lowest BCUT2D eigenvalue weighted by atomic mass is 9.87. The molecule has 0 spiro atoms. The highest BCUT2D eigenvalue weighted by Gasteiger charge is 2.51. The number of carbonyl (C=O) groups is 3. The largest absolute Gasteiger partial charge is 0.347 e. The zero-order valence-electron chi connectivity index (χ0n) is 15.6. The number of carbonyl (C=O) groups excluding carboxylic acids is 3. The number of hydrogen-bond acceptors (Lipinski definition) is 3. The van der Waals surface area contributed by atoms with E-state index < -0.39 is 5.54 Å². The highest BCUT2D eigenvalue weighted by Crippen LogP contribution is 2.36. The topological polar surface area (TPSA) is 78.5 Å². The van der Waals surface area contributed by atoms with Crippen molar-refractivity contribution >= 4 is 17.7 Å². The molecule has 25 heavy (non-hydrogen) atoms. The molecule has 6 nitrogen and oxygen atoms in total. The van der Waals surface area contributed by atoms with E-state index in [0.29, 0.717) is 18.4 Å². The Labute approximate surface area is 149 Å². The van der Waals surface area contributed by atoms with Crippen LogP contribution in [0.15, 0.2) is 24.3 Å². The van der Waals surface area contributed by atoms with Crippen LogP contribution in [0.2, 0.25) is 0 Å². The lowest BCUT2D eigenvalue weighted by Crippen LogP contribution is -2.51. The zero-order valence-corrected chi connectivity index (χ0v) is 15.6. The van der Waals surface area contributed by atoms with E-state index in [1.807, 2.05) is 12.1 Å². The van der Waals surface area contributed by atoms with Crippen molar-refractivity contribution in [2.45, 2.75) is 44.6 Å². The maximum absolute atomic E-state index is 12.2. The summed E-state index contributed by atoms with van der Waals surface area (Å²) in [5, 5.41) is 5.34. The molecule has 0 aromatic heterocycles. The average molecular weight is 345 g/mol. The summed E-state index contributed by atoms with van der Waals surface area (Å²) < 4.78 is 0. The number of likely N-dealkylation sites (N-methyl/N-ethyl adjacent to an activating group) is 1. The van der Waals surface area contributed by atoms with Crippen LogP contribution in [-0.4, -0.2) is 48.8 Å². The second-order valence-electron chi connectivity index (χ2n) is 7.84. The van der Waals surface area contributed by atoms with Crippen LogP contribution in [0.3, 0.4) is 0 Å².